The Labute approximate surface area is 122 Å². The number of amides is 1. The third kappa shape index (κ3) is 2.53. The lowest BCUT2D eigenvalue weighted by Crippen LogP contribution is -2.42. The fraction of sp³-hybridized carbons (Fsp3) is 0.235. The molecule has 0 aromatic heterocycles. The number of anilines is 1. The van der Waals surface area contributed by atoms with Gasteiger partial charge in [0.2, 0.25) is 0 Å². The van der Waals surface area contributed by atoms with Gasteiger partial charge < -0.3 is 4.90 Å². The number of nitrogens with zero attached hydrogens (tertiary/aromatic N) is 1. The van der Waals surface area contributed by atoms with Gasteiger partial charge >= 0.3 is 0 Å². The van der Waals surface area contributed by atoms with Crippen molar-refractivity contribution in [1.82, 2.24) is 0 Å². The summed E-state index contributed by atoms with van der Waals surface area (Å²) < 4.78 is 26.3. The van der Waals surface area contributed by atoms with Gasteiger partial charge in [-0.05, 0) is 67.8 Å². The van der Waals surface area contributed by atoms with Crippen LogP contribution in [0.3, 0.4) is 0 Å². The molecule has 1 aliphatic rings. The van der Waals surface area contributed by atoms with Crippen LogP contribution in [-0.4, -0.2) is 11.9 Å². The van der Waals surface area contributed by atoms with Crippen LogP contribution < -0.4 is 4.90 Å². The zero-order chi connectivity index (χ0) is 15.0. The maximum atomic E-state index is 13.3. The second-order valence-electron chi connectivity index (χ2n) is 5.34. The van der Waals surface area contributed by atoms with Gasteiger partial charge in [-0.15, -0.1) is 0 Å². The van der Waals surface area contributed by atoms with E-state index < -0.39 is 0 Å². The van der Waals surface area contributed by atoms with E-state index >= 15 is 0 Å². The number of carbonyl (C=O) groups is 1. The fourth-order valence-electron chi connectivity index (χ4n) is 2.76. The molecule has 1 amide bonds. The maximum absolute atomic E-state index is 13.3. The van der Waals surface area contributed by atoms with Crippen molar-refractivity contribution in [2.45, 2.75) is 25.8 Å². The Morgan fingerprint density at radius 3 is 2.48 bits per heavy atom. The molecule has 1 aliphatic heterocycles. The molecule has 3 rings (SSSR count). The van der Waals surface area contributed by atoms with Crippen LogP contribution in [0, 0.1) is 11.6 Å². The van der Waals surface area contributed by atoms with Crippen LogP contribution in [0.5, 0.6) is 0 Å². The SMILES string of the molecule is C[C@H]1CCc2cc(F)ccc2N1C(=O)c1ccc(F)cc1. The van der Waals surface area contributed by atoms with Crippen molar-refractivity contribution in [3.8, 4) is 0 Å². The molecule has 2 nitrogen and oxygen atoms in total. The van der Waals surface area contributed by atoms with E-state index in [2.05, 4.69) is 0 Å². The van der Waals surface area contributed by atoms with Crippen LogP contribution in [0.4, 0.5) is 14.5 Å². The number of benzene rings is 2. The first-order valence-corrected chi connectivity index (χ1v) is 6.94. The number of aryl methyl sites for hydroxylation is 1. The summed E-state index contributed by atoms with van der Waals surface area (Å²) in [5, 5.41) is 0. The van der Waals surface area contributed by atoms with Crippen LogP contribution in [0.25, 0.3) is 0 Å². The second kappa shape index (κ2) is 5.28. The molecule has 0 bridgehead atoms. The third-order valence-electron chi connectivity index (χ3n) is 3.88. The number of rotatable bonds is 1. The Hall–Kier alpha value is -2.23. The lowest BCUT2D eigenvalue weighted by Gasteiger charge is -2.35. The van der Waals surface area contributed by atoms with E-state index in [0.717, 1.165) is 24.1 Å². The second-order valence-corrected chi connectivity index (χ2v) is 5.34. The van der Waals surface area contributed by atoms with Gasteiger partial charge in [-0.3, -0.25) is 4.79 Å². The zero-order valence-corrected chi connectivity index (χ0v) is 11.6. The number of carbonyl (C=O) groups excluding carboxylic acids is 1. The van der Waals surface area contributed by atoms with Crippen molar-refractivity contribution in [2.24, 2.45) is 0 Å². The van der Waals surface area contributed by atoms with Crippen LogP contribution in [0.15, 0.2) is 42.5 Å². The number of fused-ring (bicyclic) bond motifs is 1. The minimum atomic E-state index is -0.374. The Balaban J connectivity index is 2.01. The maximum Gasteiger partial charge on any atom is 0.258 e. The van der Waals surface area contributed by atoms with Crippen LogP contribution in [0.2, 0.25) is 0 Å². The molecule has 0 fully saturated rings. The topological polar surface area (TPSA) is 20.3 Å². The highest BCUT2D eigenvalue weighted by Crippen LogP contribution is 2.32. The highest BCUT2D eigenvalue weighted by atomic mass is 19.1. The summed E-state index contributed by atoms with van der Waals surface area (Å²) in [6, 6.07) is 10.0. The van der Waals surface area contributed by atoms with E-state index in [1.54, 1.807) is 11.0 Å². The molecule has 0 aliphatic carbocycles. The molecule has 1 heterocycles. The van der Waals surface area contributed by atoms with Gasteiger partial charge in [0.25, 0.3) is 5.91 Å². The molecule has 0 radical (unpaired) electrons. The van der Waals surface area contributed by atoms with E-state index in [0.29, 0.717) is 5.56 Å². The Kier molecular flexibility index (Phi) is 3.45. The summed E-state index contributed by atoms with van der Waals surface area (Å²) in [6.45, 7) is 1.97. The van der Waals surface area contributed by atoms with Crippen molar-refractivity contribution in [3.63, 3.8) is 0 Å². The van der Waals surface area contributed by atoms with Gasteiger partial charge in [0, 0.05) is 17.3 Å². The molecule has 2 aromatic carbocycles. The zero-order valence-electron chi connectivity index (χ0n) is 11.6. The highest BCUT2D eigenvalue weighted by Gasteiger charge is 2.29. The first-order chi connectivity index (χ1) is 10.1. The number of hydrogen-bond acceptors (Lipinski definition) is 1. The standard InChI is InChI=1S/C17H15F2NO/c1-11-2-3-13-10-15(19)8-9-16(13)20(11)17(21)12-4-6-14(18)7-5-12/h4-11H,2-3H2,1H3/t11-/m0/s1. The van der Waals surface area contributed by atoms with Crippen LogP contribution in [-0.2, 0) is 6.42 Å². The first-order valence-electron chi connectivity index (χ1n) is 6.94. The monoisotopic (exact) mass is 287 g/mol. The van der Waals surface area contributed by atoms with Gasteiger partial charge in [-0.1, -0.05) is 0 Å². The van der Waals surface area contributed by atoms with E-state index in [1.807, 2.05) is 6.92 Å². The predicted molar refractivity (Wildman–Crippen MR) is 77.4 cm³/mol. The normalized spacial score (nSPS) is 17.5. The Bertz CT molecular complexity index is 682. The minimum absolute atomic E-state index is 0.0283. The molecule has 0 saturated carbocycles. The van der Waals surface area contributed by atoms with E-state index in [9.17, 15) is 13.6 Å². The Morgan fingerprint density at radius 2 is 1.76 bits per heavy atom. The van der Waals surface area contributed by atoms with Crippen molar-refractivity contribution in [2.75, 3.05) is 4.90 Å². The van der Waals surface area contributed by atoms with E-state index in [1.165, 1.54) is 36.4 Å². The minimum Gasteiger partial charge on any atom is -0.305 e. The molecule has 0 spiro atoms. The lowest BCUT2D eigenvalue weighted by atomic mass is 9.95. The fourth-order valence-corrected chi connectivity index (χ4v) is 2.76. The summed E-state index contributed by atoms with van der Waals surface area (Å²) >= 11 is 0. The average molecular weight is 287 g/mol. The molecular weight excluding hydrogens is 272 g/mol. The Morgan fingerprint density at radius 1 is 1.10 bits per heavy atom. The first kappa shape index (κ1) is 13.7. The van der Waals surface area contributed by atoms with Crippen molar-refractivity contribution >= 4 is 11.6 Å². The smallest absolute Gasteiger partial charge is 0.258 e. The summed E-state index contributed by atoms with van der Waals surface area (Å²) in [6.07, 6.45) is 1.53. The van der Waals surface area contributed by atoms with Crippen molar-refractivity contribution in [3.05, 3.63) is 65.2 Å². The average Bonchev–Trinajstić information content (AvgIpc) is 2.47. The molecule has 0 unspecified atom stereocenters. The van der Waals surface area contributed by atoms with E-state index in [4.69, 9.17) is 0 Å². The molecular formula is C17H15F2NO. The summed E-state index contributed by atoms with van der Waals surface area (Å²) in [5.74, 6) is -0.853. The van der Waals surface area contributed by atoms with E-state index in [-0.39, 0.29) is 23.6 Å². The number of hydrogen-bond donors (Lipinski definition) is 0. The van der Waals surface area contributed by atoms with Gasteiger partial charge in [0.15, 0.2) is 0 Å². The molecule has 108 valence electrons. The van der Waals surface area contributed by atoms with Crippen LogP contribution in [0.1, 0.15) is 29.3 Å². The van der Waals surface area contributed by atoms with Gasteiger partial charge in [0.1, 0.15) is 11.6 Å². The summed E-state index contributed by atoms with van der Waals surface area (Å²) in [7, 11) is 0. The van der Waals surface area contributed by atoms with Gasteiger partial charge in [-0.2, -0.15) is 0 Å². The highest BCUT2D eigenvalue weighted by molar-refractivity contribution is 6.07. The molecule has 21 heavy (non-hydrogen) atoms. The van der Waals surface area contributed by atoms with Crippen LogP contribution >= 0.6 is 0 Å². The third-order valence-corrected chi connectivity index (χ3v) is 3.88. The number of halogens is 2. The summed E-state index contributed by atoms with van der Waals surface area (Å²) in [5.41, 5.74) is 2.01. The molecule has 1 atom stereocenters. The van der Waals surface area contributed by atoms with Gasteiger partial charge in [-0.25, -0.2) is 8.78 Å². The molecule has 2 aromatic rings. The molecule has 0 N–H and O–H groups in total. The molecule has 4 heteroatoms. The van der Waals surface area contributed by atoms with Crippen molar-refractivity contribution < 1.29 is 13.6 Å². The molecule has 0 saturated heterocycles. The van der Waals surface area contributed by atoms with Gasteiger partial charge in [0.05, 0.1) is 0 Å². The van der Waals surface area contributed by atoms with Crippen molar-refractivity contribution in [1.29, 1.82) is 0 Å². The lowest BCUT2D eigenvalue weighted by molar-refractivity contribution is 0.0975. The quantitative estimate of drug-likeness (QED) is 0.777. The predicted octanol–water partition coefficient (Wildman–Crippen LogP) is 3.95. The largest absolute Gasteiger partial charge is 0.305 e. The summed E-state index contributed by atoms with van der Waals surface area (Å²) in [4.78, 5) is 14.4.